The van der Waals surface area contributed by atoms with Crippen LogP contribution in [-0.2, 0) is 0 Å². The van der Waals surface area contributed by atoms with Crippen LogP contribution in [0.15, 0.2) is 36.9 Å². The molecule has 0 fully saturated rings. The second-order valence-electron chi connectivity index (χ2n) is 3.24. The lowest BCUT2D eigenvalue weighted by atomic mass is 9.98. The average Bonchev–Trinajstić information content (AvgIpc) is 2.29. The van der Waals surface area contributed by atoms with Gasteiger partial charge in [-0.1, -0.05) is 12.1 Å². The molecule has 1 aromatic heterocycles. The molecule has 0 aliphatic rings. The highest BCUT2D eigenvalue weighted by Crippen LogP contribution is 2.25. The number of aromatic nitrogens is 2. The molecule has 0 aliphatic heterocycles. The maximum absolute atomic E-state index is 9.01. The topological polar surface area (TPSA) is 49.6 Å². The van der Waals surface area contributed by atoms with Crippen LogP contribution in [0.2, 0.25) is 0 Å². The number of benzene rings is 1. The van der Waals surface area contributed by atoms with Gasteiger partial charge in [-0.3, -0.25) is 0 Å². The van der Waals surface area contributed by atoms with Crippen molar-refractivity contribution in [2.45, 2.75) is 6.92 Å². The van der Waals surface area contributed by atoms with Gasteiger partial charge in [0.25, 0.3) is 0 Å². The molecule has 0 N–H and O–H groups in total. The molecule has 0 aliphatic carbocycles. The molecule has 0 saturated carbocycles. The first kappa shape index (κ1) is 9.35. The monoisotopic (exact) mass is 195 g/mol. The van der Waals surface area contributed by atoms with Crippen LogP contribution in [-0.4, -0.2) is 9.97 Å². The van der Waals surface area contributed by atoms with Crippen molar-refractivity contribution in [2.75, 3.05) is 0 Å². The molecule has 3 nitrogen and oxygen atoms in total. The van der Waals surface area contributed by atoms with Crippen LogP contribution < -0.4 is 0 Å². The highest BCUT2D eigenvalue weighted by Gasteiger charge is 2.07. The largest absolute Gasteiger partial charge is 0.244 e. The van der Waals surface area contributed by atoms with E-state index in [0.717, 1.165) is 16.7 Å². The van der Waals surface area contributed by atoms with Crippen LogP contribution in [0.4, 0.5) is 0 Å². The van der Waals surface area contributed by atoms with Gasteiger partial charge in [0, 0.05) is 23.5 Å². The molecule has 0 unspecified atom stereocenters. The van der Waals surface area contributed by atoms with Gasteiger partial charge in [0.2, 0.25) is 0 Å². The van der Waals surface area contributed by atoms with Crippen molar-refractivity contribution in [1.82, 2.24) is 9.97 Å². The molecular weight excluding hydrogens is 186 g/mol. The Hall–Kier alpha value is -2.21. The van der Waals surface area contributed by atoms with Crippen molar-refractivity contribution in [3.05, 3.63) is 48.0 Å². The fourth-order valence-corrected chi connectivity index (χ4v) is 1.57. The van der Waals surface area contributed by atoms with Crippen molar-refractivity contribution in [3.63, 3.8) is 0 Å². The molecule has 0 bridgehead atoms. The van der Waals surface area contributed by atoms with Gasteiger partial charge in [-0.25, -0.2) is 9.97 Å². The van der Waals surface area contributed by atoms with E-state index in [-0.39, 0.29) is 0 Å². The lowest BCUT2D eigenvalue weighted by molar-refractivity contribution is 1.17. The predicted molar refractivity (Wildman–Crippen MR) is 56.9 cm³/mol. The number of hydrogen-bond donors (Lipinski definition) is 0. The Morgan fingerprint density at radius 3 is 2.60 bits per heavy atom. The molecule has 72 valence electrons. The van der Waals surface area contributed by atoms with Crippen LogP contribution in [0, 0.1) is 18.3 Å². The number of rotatable bonds is 1. The molecule has 0 radical (unpaired) electrons. The van der Waals surface area contributed by atoms with Gasteiger partial charge < -0.3 is 0 Å². The quantitative estimate of drug-likeness (QED) is 0.701. The first-order valence-corrected chi connectivity index (χ1v) is 4.58. The van der Waals surface area contributed by atoms with E-state index in [9.17, 15) is 0 Å². The SMILES string of the molecule is Cc1cccc(C#N)c1-c1cncnc1. The van der Waals surface area contributed by atoms with E-state index in [1.54, 1.807) is 18.5 Å². The van der Waals surface area contributed by atoms with E-state index >= 15 is 0 Å². The van der Waals surface area contributed by atoms with Crippen LogP contribution >= 0.6 is 0 Å². The minimum absolute atomic E-state index is 0.657. The number of nitrogens with zero attached hydrogens (tertiary/aromatic N) is 3. The second kappa shape index (κ2) is 3.89. The lowest BCUT2D eigenvalue weighted by Crippen LogP contribution is -1.90. The Labute approximate surface area is 88.1 Å². The van der Waals surface area contributed by atoms with Crippen LogP contribution in [0.1, 0.15) is 11.1 Å². The van der Waals surface area contributed by atoms with Gasteiger partial charge in [0.1, 0.15) is 6.33 Å². The minimum Gasteiger partial charge on any atom is -0.244 e. The summed E-state index contributed by atoms with van der Waals surface area (Å²) < 4.78 is 0. The van der Waals surface area contributed by atoms with Crippen molar-refractivity contribution < 1.29 is 0 Å². The molecule has 0 saturated heterocycles. The zero-order chi connectivity index (χ0) is 10.7. The van der Waals surface area contributed by atoms with Crippen LogP contribution in [0.25, 0.3) is 11.1 Å². The van der Waals surface area contributed by atoms with E-state index in [1.807, 2.05) is 19.1 Å². The Balaban J connectivity index is 2.68. The summed E-state index contributed by atoms with van der Waals surface area (Å²) in [6.07, 6.45) is 4.92. The maximum atomic E-state index is 9.01. The summed E-state index contributed by atoms with van der Waals surface area (Å²) in [6, 6.07) is 7.83. The third-order valence-electron chi connectivity index (χ3n) is 2.24. The number of nitriles is 1. The van der Waals surface area contributed by atoms with Gasteiger partial charge in [0.05, 0.1) is 11.6 Å². The Bertz CT molecular complexity index is 512. The zero-order valence-electron chi connectivity index (χ0n) is 8.31. The summed E-state index contributed by atoms with van der Waals surface area (Å²) >= 11 is 0. The highest BCUT2D eigenvalue weighted by molar-refractivity contribution is 5.72. The zero-order valence-corrected chi connectivity index (χ0v) is 8.31. The molecule has 0 amide bonds. The first-order valence-electron chi connectivity index (χ1n) is 4.58. The average molecular weight is 195 g/mol. The number of aryl methyl sites for hydroxylation is 1. The van der Waals surface area contributed by atoms with Gasteiger partial charge in [-0.2, -0.15) is 5.26 Å². The van der Waals surface area contributed by atoms with Crippen molar-refractivity contribution in [3.8, 4) is 17.2 Å². The van der Waals surface area contributed by atoms with Gasteiger partial charge >= 0.3 is 0 Å². The Morgan fingerprint density at radius 2 is 1.93 bits per heavy atom. The Morgan fingerprint density at radius 1 is 1.20 bits per heavy atom. The van der Waals surface area contributed by atoms with Crippen LogP contribution in [0.3, 0.4) is 0 Å². The standard InChI is InChI=1S/C12H9N3/c1-9-3-2-4-10(5-13)12(9)11-6-14-8-15-7-11/h2-4,6-8H,1H3. The lowest BCUT2D eigenvalue weighted by Gasteiger charge is -2.06. The molecular formula is C12H9N3. The normalized spacial score (nSPS) is 9.60. The molecule has 1 aromatic carbocycles. The molecule has 0 spiro atoms. The van der Waals surface area contributed by atoms with Crippen molar-refractivity contribution in [2.24, 2.45) is 0 Å². The van der Waals surface area contributed by atoms with Gasteiger partial charge in [0.15, 0.2) is 0 Å². The summed E-state index contributed by atoms with van der Waals surface area (Å²) in [4.78, 5) is 7.91. The van der Waals surface area contributed by atoms with E-state index in [1.165, 1.54) is 6.33 Å². The minimum atomic E-state index is 0.657. The third-order valence-corrected chi connectivity index (χ3v) is 2.24. The number of hydrogen-bond acceptors (Lipinski definition) is 3. The Kier molecular flexibility index (Phi) is 2.42. The summed E-state index contributed by atoms with van der Waals surface area (Å²) in [5.41, 5.74) is 3.52. The van der Waals surface area contributed by atoms with Crippen molar-refractivity contribution >= 4 is 0 Å². The summed E-state index contributed by atoms with van der Waals surface area (Å²) in [6.45, 7) is 1.98. The summed E-state index contributed by atoms with van der Waals surface area (Å²) in [5, 5.41) is 9.01. The van der Waals surface area contributed by atoms with E-state index in [4.69, 9.17) is 5.26 Å². The van der Waals surface area contributed by atoms with Crippen LogP contribution in [0.5, 0.6) is 0 Å². The smallest absolute Gasteiger partial charge is 0.115 e. The molecule has 3 heteroatoms. The van der Waals surface area contributed by atoms with Gasteiger partial charge in [-0.15, -0.1) is 0 Å². The summed E-state index contributed by atoms with van der Waals surface area (Å²) in [7, 11) is 0. The van der Waals surface area contributed by atoms with Crippen molar-refractivity contribution in [1.29, 1.82) is 5.26 Å². The first-order chi connectivity index (χ1) is 7.33. The third kappa shape index (κ3) is 1.70. The molecule has 15 heavy (non-hydrogen) atoms. The molecule has 2 aromatic rings. The second-order valence-corrected chi connectivity index (χ2v) is 3.24. The van der Waals surface area contributed by atoms with E-state index in [2.05, 4.69) is 16.0 Å². The maximum Gasteiger partial charge on any atom is 0.115 e. The molecule has 0 atom stereocenters. The highest BCUT2D eigenvalue weighted by atomic mass is 14.8. The molecule has 2 rings (SSSR count). The van der Waals surface area contributed by atoms with E-state index < -0.39 is 0 Å². The fourth-order valence-electron chi connectivity index (χ4n) is 1.57. The fraction of sp³-hybridized carbons (Fsp3) is 0.0833. The summed E-state index contributed by atoms with van der Waals surface area (Å²) in [5.74, 6) is 0. The molecule has 1 heterocycles. The van der Waals surface area contributed by atoms with Gasteiger partial charge in [-0.05, 0) is 18.6 Å². The predicted octanol–water partition coefficient (Wildman–Crippen LogP) is 2.32. The van der Waals surface area contributed by atoms with E-state index in [0.29, 0.717) is 5.56 Å².